The highest BCUT2D eigenvalue weighted by atomic mass is 32.1. The Labute approximate surface area is 152 Å². The number of amides is 2. The smallest absolute Gasteiger partial charge is 0.234 e. The van der Waals surface area contributed by atoms with Crippen molar-refractivity contribution in [2.75, 3.05) is 26.2 Å². The Hall–Kier alpha value is -1.51. The lowest BCUT2D eigenvalue weighted by atomic mass is 9.89. The van der Waals surface area contributed by atoms with E-state index in [-0.39, 0.29) is 23.5 Å². The van der Waals surface area contributed by atoms with Gasteiger partial charge in [0.25, 0.3) is 0 Å². The number of ether oxygens (including phenoxy) is 1. The zero-order valence-corrected chi connectivity index (χ0v) is 15.7. The van der Waals surface area contributed by atoms with Gasteiger partial charge in [0, 0.05) is 18.5 Å². The van der Waals surface area contributed by atoms with Gasteiger partial charge < -0.3 is 15.4 Å². The first-order valence-corrected chi connectivity index (χ1v) is 9.63. The standard InChI is InChI=1S/C17H26N4O3S/c1-12(16(18)23)20-6-4-17(5-7-20)11-21(15(22)3-8-24-17)9-14-10-25-13(2)19-14/h10,12H,3-9,11H2,1-2H3,(H2,18,23). The molecular weight excluding hydrogens is 340 g/mol. The van der Waals surface area contributed by atoms with Gasteiger partial charge >= 0.3 is 0 Å². The Morgan fingerprint density at radius 1 is 1.48 bits per heavy atom. The van der Waals surface area contributed by atoms with E-state index >= 15 is 0 Å². The minimum Gasteiger partial charge on any atom is -0.373 e. The van der Waals surface area contributed by atoms with Crippen LogP contribution in [0.2, 0.25) is 0 Å². The number of likely N-dealkylation sites (tertiary alicyclic amines) is 1. The Kier molecular flexibility index (Phi) is 5.41. The van der Waals surface area contributed by atoms with Gasteiger partial charge in [-0.15, -0.1) is 11.3 Å². The number of hydrogen-bond acceptors (Lipinski definition) is 6. The van der Waals surface area contributed by atoms with E-state index in [1.54, 1.807) is 11.3 Å². The number of carbonyl (C=O) groups is 2. The summed E-state index contributed by atoms with van der Waals surface area (Å²) in [6.45, 7) is 6.89. The number of piperidine rings is 1. The number of nitrogens with zero attached hydrogens (tertiary/aromatic N) is 3. The molecule has 25 heavy (non-hydrogen) atoms. The highest BCUT2D eigenvalue weighted by molar-refractivity contribution is 7.09. The topological polar surface area (TPSA) is 88.8 Å². The molecule has 1 unspecified atom stereocenters. The summed E-state index contributed by atoms with van der Waals surface area (Å²) in [6.07, 6.45) is 2.00. The van der Waals surface area contributed by atoms with Crippen LogP contribution < -0.4 is 5.73 Å². The molecule has 0 bridgehead atoms. The SMILES string of the molecule is Cc1nc(CN2CC3(CCN(C(C)C(N)=O)CC3)OCCC2=O)cs1. The first-order valence-electron chi connectivity index (χ1n) is 8.75. The predicted molar refractivity (Wildman–Crippen MR) is 95.0 cm³/mol. The van der Waals surface area contributed by atoms with Crippen molar-refractivity contribution in [1.29, 1.82) is 0 Å². The van der Waals surface area contributed by atoms with Crippen molar-refractivity contribution in [1.82, 2.24) is 14.8 Å². The average Bonchev–Trinajstić information content (AvgIpc) is 2.92. The number of aromatic nitrogens is 1. The van der Waals surface area contributed by atoms with Crippen LogP contribution >= 0.6 is 11.3 Å². The number of nitrogens with two attached hydrogens (primary N) is 1. The lowest BCUT2D eigenvalue weighted by Gasteiger charge is -2.43. The second kappa shape index (κ2) is 7.39. The number of thiazole rings is 1. The van der Waals surface area contributed by atoms with Crippen molar-refractivity contribution in [2.24, 2.45) is 5.73 Å². The van der Waals surface area contributed by atoms with Gasteiger partial charge in [0.2, 0.25) is 11.8 Å². The van der Waals surface area contributed by atoms with E-state index < -0.39 is 0 Å². The van der Waals surface area contributed by atoms with Crippen molar-refractivity contribution in [3.63, 3.8) is 0 Å². The lowest BCUT2D eigenvalue weighted by Crippen LogP contribution is -2.55. The molecule has 2 aliphatic rings. The average molecular weight is 366 g/mol. The highest BCUT2D eigenvalue weighted by Crippen LogP contribution is 2.31. The maximum absolute atomic E-state index is 12.5. The molecule has 2 amide bonds. The molecule has 3 rings (SSSR count). The highest BCUT2D eigenvalue weighted by Gasteiger charge is 2.41. The van der Waals surface area contributed by atoms with Gasteiger partial charge in [-0.2, -0.15) is 0 Å². The molecule has 7 nitrogen and oxygen atoms in total. The second-order valence-corrected chi connectivity index (χ2v) is 8.07. The van der Waals surface area contributed by atoms with E-state index in [1.807, 2.05) is 24.1 Å². The van der Waals surface area contributed by atoms with Crippen LogP contribution in [-0.4, -0.2) is 64.5 Å². The lowest BCUT2D eigenvalue weighted by molar-refractivity contribution is -0.133. The van der Waals surface area contributed by atoms with Crippen LogP contribution in [-0.2, 0) is 20.9 Å². The number of aryl methyl sites for hydroxylation is 1. The van der Waals surface area contributed by atoms with Crippen molar-refractivity contribution in [2.45, 2.75) is 51.3 Å². The van der Waals surface area contributed by atoms with Gasteiger partial charge in [-0.25, -0.2) is 4.98 Å². The molecule has 1 atom stereocenters. The van der Waals surface area contributed by atoms with E-state index in [4.69, 9.17) is 10.5 Å². The minimum absolute atomic E-state index is 0.121. The van der Waals surface area contributed by atoms with E-state index in [1.165, 1.54) is 0 Å². The summed E-state index contributed by atoms with van der Waals surface area (Å²) in [6, 6.07) is -0.265. The molecule has 8 heteroatoms. The van der Waals surface area contributed by atoms with Crippen LogP contribution in [0.4, 0.5) is 0 Å². The molecule has 0 aliphatic carbocycles. The molecule has 3 heterocycles. The number of hydrogen-bond donors (Lipinski definition) is 1. The number of carbonyl (C=O) groups excluding carboxylic acids is 2. The summed E-state index contributed by atoms with van der Waals surface area (Å²) in [7, 11) is 0. The van der Waals surface area contributed by atoms with Crippen molar-refractivity contribution < 1.29 is 14.3 Å². The van der Waals surface area contributed by atoms with Gasteiger partial charge in [-0.05, 0) is 26.7 Å². The molecule has 2 saturated heterocycles. The molecule has 2 fully saturated rings. The van der Waals surface area contributed by atoms with Gasteiger partial charge in [-0.3, -0.25) is 14.5 Å². The summed E-state index contributed by atoms with van der Waals surface area (Å²) in [4.78, 5) is 32.3. The Morgan fingerprint density at radius 2 is 2.20 bits per heavy atom. The quantitative estimate of drug-likeness (QED) is 0.856. The molecule has 0 aromatic carbocycles. The minimum atomic E-state index is -0.328. The molecule has 0 saturated carbocycles. The molecule has 1 aromatic rings. The number of primary amides is 1. The molecule has 1 spiro atoms. The Morgan fingerprint density at radius 3 is 2.80 bits per heavy atom. The third-order valence-corrected chi connectivity index (χ3v) is 6.07. The van der Waals surface area contributed by atoms with Crippen LogP contribution in [0.3, 0.4) is 0 Å². The third-order valence-electron chi connectivity index (χ3n) is 5.24. The maximum Gasteiger partial charge on any atom is 0.234 e. The summed E-state index contributed by atoms with van der Waals surface area (Å²) in [5.41, 5.74) is 6.03. The summed E-state index contributed by atoms with van der Waals surface area (Å²) in [5.74, 6) is -0.177. The third kappa shape index (κ3) is 4.19. The van der Waals surface area contributed by atoms with Gasteiger partial charge in [0.1, 0.15) is 0 Å². The Bertz CT molecular complexity index is 640. The fourth-order valence-corrected chi connectivity index (χ4v) is 4.22. The molecular formula is C17H26N4O3S. The molecule has 2 aliphatic heterocycles. The maximum atomic E-state index is 12.5. The first-order chi connectivity index (χ1) is 11.9. The van der Waals surface area contributed by atoms with Gasteiger partial charge in [0.15, 0.2) is 0 Å². The molecule has 0 radical (unpaired) electrons. The zero-order valence-electron chi connectivity index (χ0n) is 14.9. The predicted octanol–water partition coefficient (Wildman–Crippen LogP) is 0.909. The van der Waals surface area contributed by atoms with Gasteiger partial charge in [-0.1, -0.05) is 0 Å². The van der Waals surface area contributed by atoms with Gasteiger partial charge in [0.05, 0.1) is 48.5 Å². The van der Waals surface area contributed by atoms with E-state index in [9.17, 15) is 9.59 Å². The fourth-order valence-electron chi connectivity index (χ4n) is 3.62. The summed E-state index contributed by atoms with van der Waals surface area (Å²) in [5, 5.41) is 3.02. The molecule has 2 N–H and O–H groups in total. The largest absolute Gasteiger partial charge is 0.373 e. The normalized spacial score (nSPS) is 22.8. The Balaban J connectivity index is 1.67. The summed E-state index contributed by atoms with van der Waals surface area (Å²) >= 11 is 1.60. The monoisotopic (exact) mass is 366 g/mol. The van der Waals surface area contributed by atoms with Crippen LogP contribution in [0.15, 0.2) is 5.38 Å². The number of rotatable bonds is 4. The van der Waals surface area contributed by atoms with Crippen molar-refractivity contribution in [3.8, 4) is 0 Å². The van der Waals surface area contributed by atoms with Crippen molar-refractivity contribution in [3.05, 3.63) is 16.1 Å². The van der Waals surface area contributed by atoms with Crippen molar-refractivity contribution >= 4 is 23.2 Å². The molecule has 138 valence electrons. The zero-order chi connectivity index (χ0) is 18.0. The second-order valence-electron chi connectivity index (χ2n) is 7.00. The van der Waals surface area contributed by atoms with Crippen LogP contribution in [0.5, 0.6) is 0 Å². The van der Waals surface area contributed by atoms with E-state index in [2.05, 4.69) is 9.88 Å². The summed E-state index contributed by atoms with van der Waals surface area (Å²) < 4.78 is 6.14. The van der Waals surface area contributed by atoms with E-state index in [0.717, 1.165) is 36.6 Å². The van der Waals surface area contributed by atoms with E-state index in [0.29, 0.717) is 26.1 Å². The van der Waals surface area contributed by atoms with Crippen LogP contribution in [0.1, 0.15) is 36.9 Å². The van der Waals surface area contributed by atoms with Crippen LogP contribution in [0.25, 0.3) is 0 Å². The van der Waals surface area contributed by atoms with Crippen LogP contribution in [0, 0.1) is 6.92 Å². The fraction of sp³-hybridized carbons (Fsp3) is 0.706. The molecule has 1 aromatic heterocycles. The first kappa shape index (κ1) is 18.3.